The Kier molecular flexibility index (Phi) is 5.50. The number of halogens is 1. The molecule has 1 heterocycles. The van der Waals surface area contributed by atoms with E-state index < -0.39 is 0 Å². The van der Waals surface area contributed by atoms with Crippen molar-refractivity contribution in [1.82, 2.24) is 10.3 Å². The molecule has 1 aromatic carbocycles. The van der Waals surface area contributed by atoms with Crippen LogP contribution < -0.4 is 10.6 Å². The molecule has 0 aliphatic heterocycles. The molecule has 7 heteroatoms. The predicted octanol–water partition coefficient (Wildman–Crippen LogP) is 4.26. The number of hydrogen-bond donors (Lipinski definition) is 2. The van der Waals surface area contributed by atoms with Gasteiger partial charge in [0.1, 0.15) is 0 Å². The van der Waals surface area contributed by atoms with Gasteiger partial charge in [-0.1, -0.05) is 36.3 Å². The molecule has 4 nitrogen and oxygen atoms in total. The van der Waals surface area contributed by atoms with E-state index in [1.807, 2.05) is 26.0 Å². The van der Waals surface area contributed by atoms with Gasteiger partial charge in [0.2, 0.25) is 5.91 Å². The average Bonchev–Trinajstić information content (AvgIpc) is 2.77. The number of anilines is 1. The van der Waals surface area contributed by atoms with Crippen molar-refractivity contribution in [1.29, 1.82) is 0 Å². The lowest BCUT2D eigenvalue weighted by Crippen LogP contribution is -2.33. The van der Waals surface area contributed by atoms with Crippen LogP contribution in [0.3, 0.4) is 0 Å². The lowest BCUT2D eigenvalue weighted by Gasteiger charge is -2.06. The highest BCUT2D eigenvalue weighted by molar-refractivity contribution is 7.80. The molecular weight excluding hydrogens is 326 g/mol. The lowest BCUT2D eigenvalue weighted by atomic mass is 10.2. The fraction of sp³-hybridized carbons (Fsp3) is 0.357. The number of amides is 1. The standard InChI is InChI=1S/C14H16ClN3OS2/c1-3-4-5-12(19)17-13(20)18-14-16-10-7-9(15)8(2)6-11(10)21-14/h6-7H,3-5H2,1-2H3,(H2,16,17,18,19,20). The van der Waals surface area contributed by atoms with Gasteiger partial charge in [0.25, 0.3) is 0 Å². The third-order valence-corrected chi connectivity index (χ3v) is 4.44. The summed E-state index contributed by atoms with van der Waals surface area (Å²) in [5, 5.41) is 7.21. The van der Waals surface area contributed by atoms with E-state index in [0.717, 1.165) is 28.6 Å². The summed E-state index contributed by atoms with van der Waals surface area (Å²) >= 11 is 12.7. The molecule has 0 bridgehead atoms. The lowest BCUT2D eigenvalue weighted by molar-refractivity contribution is -0.119. The summed E-state index contributed by atoms with van der Waals surface area (Å²) in [5.74, 6) is -0.0747. The first-order chi connectivity index (χ1) is 9.99. The second kappa shape index (κ2) is 7.15. The monoisotopic (exact) mass is 341 g/mol. The summed E-state index contributed by atoms with van der Waals surface area (Å²) in [5.41, 5.74) is 1.83. The molecule has 21 heavy (non-hydrogen) atoms. The van der Waals surface area contributed by atoms with Gasteiger partial charge in [-0.05, 0) is 43.3 Å². The van der Waals surface area contributed by atoms with E-state index in [2.05, 4.69) is 15.6 Å². The first kappa shape index (κ1) is 16.1. The van der Waals surface area contributed by atoms with Crippen LogP contribution in [0.5, 0.6) is 0 Å². The predicted molar refractivity (Wildman–Crippen MR) is 93.3 cm³/mol. The van der Waals surface area contributed by atoms with Crippen molar-refractivity contribution in [2.75, 3.05) is 5.32 Å². The third kappa shape index (κ3) is 4.36. The van der Waals surface area contributed by atoms with Crippen LogP contribution in [0.25, 0.3) is 10.2 Å². The summed E-state index contributed by atoms with van der Waals surface area (Å²) < 4.78 is 1.03. The minimum atomic E-state index is -0.0747. The van der Waals surface area contributed by atoms with Gasteiger partial charge in [0.15, 0.2) is 10.2 Å². The Hall–Kier alpha value is -1.24. The number of carbonyl (C=O) groups excluding carboxylic acids is 1. The van der Waals surface area contributed by atoms with Crippen molar-refractivity contribution < 1.29 is 4.79 Å². The number of nitrogens with one attached hydrogen (secondary N) is 2. The Morgan fingerprint density at radius 1 is 1.48 bits per heavy atom. The first-order valence-corrected chi connectivity index (χ1v) is 8.27. The minimum Gasteiger partial charge on any atom is -0.308 e. The molecule has 2 aromatic rings. The van der Waals surface area contributed by atoms with Gasteiger partial charge in [-0.3, -0.25) is 4.79 Å². The quantitative estimate of drug-likeness (QED) is 0.816. The van der Waals surface area contributed by atoms with Gasteiger partial charge >= 0.3 is 0 Å². The Bertz CT molecular complexity index is 645. The van der Waals surface area contributed by atoms with Gasteiger partial charge in [-0.15, -0.1) is 0 Å². The van der Waals surface area contributed by atoms with Crippen LogP contribution in [-0.4, -0.2) is 16.0 Å². The second-order valence-corrected chi connectivity index (χ2v) is 6.54. The maximum atomic E-state index is 11.6. The Morgan fingerprint density at radius 2 is 2.24 bits per heavy atom. The smallest absolute Gasteiger partial charge is 0.226 e. The Labute approximate surface area is 137 Å². The summed E-state index contributed by atoms with van der Waals surface area (Å²) in [4.78, 5) is 16.0. The average molecular weight is 342 g/mol. The molecule has 0 radical (unpaired) electrons. The van der Waals surface area contributed by atoms with Crippen LogP contribution in [0, 0.1) is 6.92 Å². The highest BCUT2D eigenvalue weighted by Crippen LogP contribution is 2.30. The number of nitrogens with zero attached hydrogens (tertiary/aromatic N) is 1. The van der Waals surface area contributed by atoms with E-state index in [-0.39, 0.29) is 11.0 Å². The summed E-state index contributed by atoms with van der Waals surface area (Å²) in [6, 6.07) is 3.82. The molecule has 1 amide bonds. The van der Waals surface area contributed by atoms with Gasteiger partial charge in [-0.2, -0.15) is 0 Å². The number of carbonyl (C=O) groups is 1. The van der Waals surface area contributed by atoms with E-state index in [4.69, 9.17) is 23.8 Å². The minimum absolute atomic E-state index is 0.0747. The molecule has 1 aromatic heterocycles. The largest absolute Gasteiger partial charge is 0.308 e. The summed E-state index contributed by atoms with van der Waals surface area (Å²) in [6.45, 7) is 3.99. The molecular formula is C14H16ClN3OS2. The molecule has 0 aliphatic rings. The molecule has 2 rings (SSSR count). The van der Waals surface area contributed by atoms with E-state index in [9.17, 15) is 4.79 Å². The van der Waals surface area contributed by atoms with Crippen molar-refractivity contribution in [2.24, 2.45) is 0 Å². The van der Waals surface area contributed by atoms with E-state index in [1.165, 1.54) is 11.3 Å². The molecule has 0 aliphatic carbocycles. The van der Waals surface area contributed by atoms with Crippen LogP contribution >= 0.6 is 35.2 Å². The molecule has 0 unspecified atom stereocenters. The highest BCUT2D eigenvalue weighted by Gasteiger charge is 2.09. The van der Waals surface area contributed by atoms with Gasteiger partial charge < -0.3 is 10.6 Å². The number of aryl methyl sites for hydroxylation is 1. The van der Waals surface area contributed by atoms with Gasteiger partial charge in [0, 0.05) is 11.4 Å². The zero-order chi connectivity index (χ0) is 15.4. The maximum absolute atomic E-state index is 11.6. The van der Waals surface area contributed by atoms with Crippen LogP contribution in [0.1, 0.15) is 31.7 Å². The number of thiocarbonyl (C=S) groups is 1. The maximum Gasteiger partial charge on any atom is 0.226 e. The molecule has 0 atom stereocenters. The highest BCUT2D eigenvalue weighted by atomic mass is 35.5. The summed E-state index contributed by atoms with van der Waals surface area (Å²) in [7, 11) is 0. The number of hydrogen-bond acceptors (Lipinski definition) is 4. The Balaban J connectivity index is 2.02. The Morgan fingerprint density at radius 3 is 2.95 bits per heavy atom. The van der Waals surface area contributed by atoms with Crippen LogP contribution in [-0.2, 0) is 4.79 Å². The van der Waals surface area contributed by atoms with Crippen molar-refractivity contribution in [3.05, 3.63) is 22.7 Å². The number of fused-ring (bicyclic) bond motifs is 1. The van der Waals surface area contributed by atoms with Crippen LogP contribution in [0.4, 0.5) is 5.13 Å². The molecule has 2 N–H and O–H groups in total. The van der Waals surface area contributed by atoms with Crippen molar-refractivity contribution in [2.45, 2.75) is 33.1 Å². The normalized spacial score (nSPS) is 10.6. The molecule has 0 fully saturated rings. The topological polar surface area (TPSA) is 54.0 Å². The molecule has 0 spiro atoms. The van der Waals surface area contributed by atoms with E-state index in [0.29, 0.717) is 16.6 Å². The van der Waals surface area contributed by atoms with Gasteiger partial charge in [-0.25, -0.2) is 4.98 Å². The fourth-order valence-electron chi connectivity index (χ4n) is 1.76. The molecule has 112 valence electrons. The summed E-state index contributed by atoms with van der Waals surface area (Å²) in [6.07, 6.45) is 2.31. The van der Waals surface area contributed by atoms with Gasteiger partial charge in [0.05, 0.1) is 10.2 Å². The second-order valence-electron chi connectivity index (χ2n) is 4.69. The van der Waals surface area contributed by atoms with Crippen LogP contribution in [0.15, 0.2) is 12.1 Å². The third-order valence-electron chi connectivity index (χ3n) is 2.90. The fourth-order valence-corrected chi connectivity index (χ4v) is 3.14. The zero-order valence-corrected chi connectivity index (χ0v) is 14.2. The zero-order valence-electron chi connectivity index (χ0n) is 11.8. The number of unbranched alkanes of at least 4 members (excludes halogenated alkanes) is 1. The number of thiazole rings is 1. The van der Waals surface area contributed by atoms with E-state index >= 15 is 0 Å². The molecule has 0 saturated heterocycles. The van der Waals surface area contributed by atoms with Crippen molar-refractivity contribution in [3.8, 4) is 0 Å². The number of aromatic nitrogens is 1. The van der Waals surface area contributed by atoms with Crippen molar-refractivity contribution in [3.63, 3.8) is 0 Å². The SMILES string of the molecule is CCCCC(=O)NC(=S)Nc1nc2cc(Cl)c(C)cc2s1. The number of rotatable bonds is 4. The van der Waals surface area contributed by atoms with Crippen molar-refractivity contribution >= 4 is 61.5 Å². The molecule has 0 saturated carbocycles. The van der Waals surface area contributed by atoms with Crippen LogP contribution in [0.2, 0.25) is 5.02 Å². The first-order valence-electron chi connectivity index (χ1n) is 6.67. The number of benzene rings is 1. The van der Waals surface area contributed by atoms with E-state index in [1.54, 1.807) is 0 Å².